The lowest BCUT2D eigenvalue weighted by Crippen LogP contribution is -2.50. The highest BCUT2D eigenvalue weighted by Crippen LogP contribution is 2.38. The molecule has 5 heteroatoms. The van der Waals surface area contributed by atoms with E-state index in [1.165, 1.54) is 19.3 Å². The standard InChI is InChI=1S/C16H29N3O.ClH/c1-10-4-5-11(2)19(10)12(3)16(20)18-8-13-6-7-15(17)14(13)9-18;/h10-15H,4-9,17H2,1-3H3;1H. The van der Waals surface area contributed by atoms with Crippen molar-refractivity contribution < 1.29 is 4.79 Å². The van der Waals surface area contributed by atoms with Gasteiger partial charge < -0.3 is 10.6 Å². The highest BCUT2D eigenvalue weighted by molar-refractivity contribution is 5.85. The average molecular weight is 316 g/mol. The molecule has 21 heavy (non-hydrogen) atoms. The zero-order chi connectivity index (χ0) is 14.4. The molecule has 0 aromatic heterocycles. The van der Waals surface area contributed by atoms with Crippen LogP contribution in [-0.2, 0) is 4.79 Å². The Hall–Kier alpha value is -0.320. The van der Waals surface area contributed by atoms with Gasteiger partial charge in [-0.3, -0.25) is 9.69 Å². The molecular weight excluding hydrogens is 286 g/mol. The summed E-state index contributed by atoms with van der Waals surface area (Å²) in [6.45, 7) is 8.43. The van der Waals surface area contributed by atoms with Gasteiger partial charge in [0.2, 0.25) is 5.91 Å². The highest BCUT2D eigenvalue weighted by atomic mass is 35.5. The Morgan fingerprint density at radius 2 is 1.71 bits per heavy atom. The number of hydrogen-bond acceptors (Lipinski definition) is 3. The molecule has 1 amide bonds. The van der Waals surface area contributed by atoms with Gasteiger partial charge in [0, 0.05) is 31.2 Å². The Labute approximate surface area is 134 Å². The fourth-order valence-electron chi connectivity index (χ4n) is 4.86. The van der Waals surface area contributed by atoms with Crippen LogP contribution in [0.2, 0.25) is 0 Å². The lowest BCUT2D eigenvalue weighted by Gasteiger charge is -2.34. The van der Waals surface area contributed by atoms with Crippen molar-refractivity contribution in [3.63, 3.8) is 0 Å². The van der Waals surface area contributed by atoms with Crippen LogP contribution in [-0.4, -0.2) is 53.0 Å². The van der Waals surface area contributed by atoms with E-state index in [-0.39, 0.29) is 18.4 Å². The van der Waals surface area contributed by atoms with Gasteiger partial charge in [0.25, 0.3) is 0 Å². The van der Waals surface area contributed by atoms with Crippen LogP contribution >= 0.6 is 12.4 Å². The highest BCUT2D eigenvalue weighted by Gasteiger charge is 2.44. The van der Waals surface area contributed by atoms with Gasteiger partial charge in [-0.05, 0) is 58.3 Å². The summed E-state index contributed by atoms with van der Waals surface area (Å²) < 4.78 is 0. The Morgan fingerprint density at radius 3 is 2.29 bits per heavy atom. The Bertz CT molecular complexity index is 382. The molecule has 3 fully saturated rings. The largest absolute Gasteiger partial charge is 0.341 e. The summed E-state index contributed by atoms with van der Waals surface area (Å²) in [5.74, 6) is 1.54. The number of carbonyl (C=O) groups excluding carboxylic acids is 1. The lowest BCUT2D eigenvalue weighted by atomic mass is 9.98. The number of rotatable bonds is 2. The smallest absolute Gasteiger partial charge is 0.239 e. The third-order valence-electron chi connectivity index (χ3n) is 6.05. The van der Waals surface area contributed by atoms with Crippen LogP contribution in [0.3, 0.4) is 0 Å². The molecule has 4 nitrogen and oxygen atoms in total. The van der Waals surface area contributed by atoms with E-state index < -0.39 is 0 Å². The molecule has 2 N–H and O–H groups in total. The normalized spacial score (nSPS) is 41.0. The van der Waals surface area contributed by atoms with E-state index in [2.05, 4.69) is 30.6 Å². The first-order valence-electron chi connectivity index (χ1n) is 8.30. The Balaban J connectivity index is 0.00000161. The third kappa shape index (κ3) is 2.95. The second-order valence-electron chi connectivity index (χ2n) is 7.31. The van der Waals surface area contributed by atoms with Crippen LogP contribution in [0.4, 0.5) is 0 Å². The van der Waals surface area contributed by atoms with E-state index in [1.807, 2.05) is 0 Å². The molecule has 3 aliphatic rings. The maximum Gasteiger partial charge on any atom is 0.239 e. The number of likely N-dealkylation sites (tertiary alicyclic amines) is 2. The third-order valence-corrected chi connectivity index (χ3v) is 6.05. The molecule has 0 aromatic rings. The molecule has 0 radical (unpaired) electrons. The number of halogens is 1. The summed E-state index contributed by atoms with van der Waals surface area (Å²) in [5, 5.41) is 0. The van der Waals surface area contributed by atoms with Crippen molar-refractivity contribution in [2.24, 2.45) is 17.6 Å². The van der Waals surface area contributed by atoms with Gasteiger partial charge in [0.15, 0.2) is 0 Å². The van der Waals surface area contributed by atoms with Crippen molar-refractivity contribution in [3.8, 4) is 0 Å². The molecule has 0 bridgehead atoms. The van der Waals surface area contributed by atoms with Gasteiger partial charge >= 0.3 is 0 Å². The molecule has 122 valence electrons. The topological polar surface area (TPSA) is 49.6 Å². The molecule has 1 saturated carbocycles. The van der Waals surface area contributed by atoms with Crippen molar-refractivity contribution in [3.05, 3.63) is 0 Å². The van der Waals surface area contributed by atoms with Crippen molar-refractivity contribution in [1.82, 2.24) is 9.80 Å². The maximum atomic E-state index is 12.8. The fourth-order valence-corrected chi connectivity index (χ4v) is 4.86. The van der Waals surface area contributed by atoms with Crippen LogP contribution < -0.4 is 5.73 Å². The minimum absolute atomic E-state index is 0. The minimum atomic E-state index is 0. The van der Waals surface area contributed by atoms with E-state index in [9.17, 15) is 4.79 Å². The first-order chi connectivity index (χ1) is 9.49. The van der Waals surface area contributed by atoms with E-state index in [0.29, 0.717) is 35.9 Å². The average Bonchev–Trinajstić information content (AvgIpc) is 3.06. The van der Waals surface area contributed by atoms with Crippen LogP contribution in [0.5, 0.6) is 0 Å². The quantitative estimate of drug-likeness (QED) is 0.846. The number of amides is 1. The molecule has 2 saturated heterocycles. The van der Waals surface area contributed by atoms with Gasteiger partial charge in [0.05, 0.1) is 6.04 Å². The minimum Gasteiger partial charge on any atom is -0.341 e. The van der Waals surface area contributed by atoms with Crippen LogP contribution in [0.1, 0.15) is 46.5 Å². The zero-order valence-corrected chi connectivity index (χ0v) is 14.3. The second-order valence-corrected chi connectivity index (χ2v) is 7.31. The van der Waals surface area contributed by atoms with Gasteiger partial charge in [0.1, 0.15) is 0 Å². The van der Waals surface area contributed by atoms with E-state index in [0.717, 1.165) is 19.5 Å². The summed E-state index contributed by atoms with van der Waals surface area (Å²) in [5.41, 5.74) is 6.18. The molecule has 3 rings (SSSR count). The molecular formula is C16H30ClN3O. The first kappa shape index (κ1) is 17.0. The van der Waals surface area contributed by atoms with Gasteiger partial charge in [-0.15, -0.1) is 12.4 Å². The van der Waals surface area contributed by atoms with Gasteiger partial charge in [-0.25, -0.2) is 0 Å². The van der Waals surface area contributed by atoms with Crippen molar-refractivity contribution in [1.29, 1.82) is 0 Å². The van der Waals surface area contributed by atoms with Crippen molar-refractivity contribution in [2.75, 3.05) is 13.1 Å². The summed E-state index contributed by atoms with van der Waals surface area (Å²) >= 11 is 0. The van der Waals surface area contributed by atoms with Gasteiger partial charge in [-0.1, -0.05) is 0 Å². The van der Waals surface area contributed by atoms with Crippen molar-refractivity contribution in [2.45, 2.75) is 70.6 Å². The zero-order valence-electron chi connectivity index (χ0n) is 13.5. The van der Waals surface area contributed by atoms with Gasteiger partial charge in [-0.2, -0.15) is 0 Å². The number of nitrogens with zero attached hydrogens (tertiary/aromatic N) is 2. The summed E-state index contributed by atoms with van der Waals surface area (Å²) in [6.07, 6.45) is 4.79. The number of hydrogen-bond donors (Lipinski definition) is 1. The molecule has 2 heterocycles. The summed E-state index contributed by atoms with van der Waals surface area (Å²) in [4.78, 5) is 17.3. The van der Waals surface area contributed by atoms with E-state index >= 15 is 0 Å². The predicted molar refractivity (Wildman–Crippen MR) is 87.5 cm³/mol. The molecule has 6 atom stereocenters. The van der Waals surface area contributed by atoms with Crippen LogP contribution in [0, 0.1) is 11.8 Å². The van der Waals surface area contributed by atoms with Crippen molar-refractivity contribution >= 4 is 18.3 Å². The number of nitrogens with two attached hydrogens (primary N) is 1. The molecule has 0 spiro atoms. The Morgan fingerprint density at radius 1 is 1.10 bits per heavy atom. The second kappa shape index (κ2) is 6.43. The molecule has 0 aromatic carbocycles. The molecule has 1 aliphatic carbocycles. The first-order valence-corrected chi connectivity index (χ1v) is 8.30. The Kier molecular flexibility index (Phi) is 5.22. The number of fused-ring (bicyclic) bond motifs is 1. The predicted octanol–water partition coefficient (Wildman–Crippen LogP) is 1.87. The van der Waals surface area contributed by atoms with E-state index in [1.54, 1.807) is 0 Å². The lowest BCUT2D eigenvalue weighted by molar-refractivity contribution is -0.136. The maximum absolute atomic E-state index is 12.8. The van der Waals surface area contributed by atoms with E-state index in [4.69, 9.17) is 5.73 Å². The molecule has 2 aliphatic heterocycles. The fraction of sp³-hybridized carbons (Fsp3) is 0.938. The number of carbonyl (C=O) groups is 1. The summed E-state index contributed by atoms with van der Waals surface area (Å²) in [7, 11) is 0. The summed E-state index contributed by atoms with van der Waals surface area (Å²) in [6, 6.07) is 1.41. The monoisotopic (exact) mass is 315 g/mol. The SMILES string of the molecule is CC1CCC(C)N1C(C)C(=O)N1CC2CCC(N)C2C1.Cl. The molecule has 6 unspecified atom stereocenters. The van der Waals surface area contributed by atoms with Crippen LogP contribution in [0.25, 0.3) is 0 Å². The van der Waals surface area contributed by atoms with Crippen LogP contribution in [0.15, 0.2) is 0 Å².